The van der Waals surface area contributed by atoms with Crippen molar-refractivity contribution in [3.05, 3.63) is 83.4 Å². The number of nitrogens with two attached hydrogens (primary N) is 1. The number of ether oxygens (including phenoxy) is 1. The molecule has 4 N–H and O–H groups in total. The number of fused-ring (bicyclic) bond motifs is 1. The first-order valence-electron chi connectivity index (χ1n) is 9.83. The number of anilines is 1. The van der Waals surface area contributed by atoms with Crippen LogP contribution in [0.25, 0.3) is 22.4 Å². The first-order valence-corrected chi connectivity index (χ1v) is 9.83. The molecule has 2 amide bonds. The van der Waals surface area contributed by atoms with Crippen molar-refractivity contribution in [2.45, 2.75) is 6.92 Å². The summed E-state index contributed by atoms with van der Waals surface area (Å²) < 4.78 is 5.11. The number of benzene rings is 3. The number of aromatic nitrogens is 2. The number of amides is 2. The van der Waals surface area contributed by atoms with Crippen molar-refractivity contribution >= 4 is 34.5 Å². The maximum absolute atomic E-state index is 12.4. The zero-order valence-corrected chi connectivity index (χ0v) is 17.2. The quantitative estimate of drug-likeness (QED) is 0.406. The van der Waals surface area contributed by atoms with Gasteiger partial charge in [0.1, 0.15) is 5.82 Å². The van der Waals surface area contributed by atoms with Crippen LogP contribution in [0.4, 0.5) is 5.69 Å². The number of nitrogens with zero attached hydrogens (tertiary/aromatic N) is 1. The van der Waals surface area contributed by atoms with Crippen LogP contribution in [0.5, 0.6) is 0 Å². The molecule has 0 atom stereocenters. The zero-order chi connectivity index (χ0) is 22.7. The number of imidazole rings is 1. The first kappa shape index (κ1) is 20.8. The molecule has 8 heteroatoms. The fourth-order valence-corrected chi connectivity index (χ4v) is 3.19. The van der Waals surface area contributed by atoms with Gasteiger partial charge in [-0.05, 0) is 37.3 Å². The average Bonchev–Trinajstić information content (AvgIpc) is 3.21. The predicted octanol–water partition coefficient (Wildman–Crippen LogP) is 3.43. The molecule has 0 unspecified atom stereocenters. The van der Waals surface area contributed by atoms with Crippen LogP contribution in [-0.4, -0.2) is 34.4 Å². The molecule has 0 aliphatic rings. The molecule has 3 aromatic carbocycles. The number of aryl methyl sites for hydroxylation is 1. The van der Waals surface area contributed by atoms with E-state index in [0.717, 1.165) is 11.1 Å². The predicted molar refractivity (Wildman–Crippen MR) is 120 cm³/mol. The Morgan fingerprint density at radius 2 is 1.78 bits per heavy atom. The maximum Gasteiger partial charge on any atom is 0.338 e. The Morgan fingerprint density at radius 3 is 2.53 bits per heavy atom. The summed E-state index contributed by atoms with van der Waals surface area (Å²) in [6, 6.07) is 19.2. The molecule has 0 bridgehead atoms. The van der Waals surface area contributed by atoms with E-state index in [1.807, 2.05) is 31.2 Å². The summed E-state index contributed by atoms with van der Waals surface area (Å²) in [6.07, 6.45) is 0. The van der Waals surface area contributed by atoms with E-state index in [1.54, 1.807) is 30.3 Å². The van der Waals surface area contributed by atoms with Gasteiger partial charge in [-0.25, -0.2) is 9.78 Å². The van der Waals surface area contributed by atoms with Gasteiger partial charge in [-0.1, -0.05) is 42.0 Å². The molecule has 0 saturated carbocycles. The van der Waals surface area contributed by atoms with Crippen molar-refractivity contribution in [1.29, 1.82) is 0 Å². The lowest BCUT2D eigenvalue weighted by Gasteiger charge is -2.09. The summed E-state index contributed by atoms with van der Waals surface area (Å²) in [5.74, 6) is -1.22. The van der Waals surface area contributed by atoms with Crippen LogP contribution in [0.15, 0.2) is 66.7 Å². The van der Waals surface area contributed by atoms with E-state index in [-0.39, 0.29) is 16.8 Å². The molecule has 160 valence electrons. The molecular weight excluding hydrogens is 408 g/mol. The van der Waals surface area contributed by atoms with Gasteiger partial charge in [-0.2, -0.15) is 0 Å². The minimum Gasteiger partial charge on any atom is -0.452 e. The minimum atomic E-state index is -0.671. The van der Waals surface area contributed by atoms with Crippen molar-refractivity contribution in [3.63, 3.8) is 0 Å². The standard InChI is InChI=1S/C24H20N4O4/c1-14-6-8-15(9-7-14)23-27-19-11-10-16(12-20(19)28-23)24(31)32-13-21(29)26-18-5-3-2-4-17(18)22(25)30/h2-12H,13H2,1H3,(H2,25,30)(H,26,29)(H,27,28). The lowest BCUT2D eigenvalue weighted by molar-refractivity contribution is -0.119. The molecule has 0 spiro atoms. The third-order valence-corrected chi connectivity index (χ3v) is 4.84. The first-order chi connectivity index (χ1) is 15.4. The minimum absolute atomic E-state index is 0.168. The van der Waals surface area contributed by atoms with E-state index in [2.05, 4.69) is 15.3 Å². The van der Waals surface area contributed by atoms with Gasteiger partial charge in [0.15, 0.2) is 6.61 Å². The highest BCUT2D eigenvalue weighted by atomic mass is 16.5. The van der Waals surface area contributed by atoms with Crippen molar-refractivity contribution in [3.8, 4) is 11.4 Å². The monoisotopic (exact) mass is 428 g/mol. The van der Waals surface area contributed by atoms with Gasteiger partial charge in [-0.15, -0.1) is 0 Å². The van der Waals surface area contributed by atoms with Crippen LogP contribution in [0, 0.1) is 6.92 Å². The molecule has 0 radical (unpaired) electrons. The van der Waals surface area contributed by atoms with E-state index in [4.69, 9.17) is 10.5 Å². The second-order valence-corrected chi connectivity index (χ2v) is 7.22. The number of rotatable bonds is 6. The van der Waals surface area contributed by atoms with Crippen LogP contribution in [0.2, 0.25) is 0 Å². The van der Waals surface area contributed by atoms with Crippen LogP contribution >= 0.6 is 0 Å². The molecule has 0 fully saturated rings. The van der Waals surface area contributed by atoms with Gasteiger partial charge in [0, 0.05) is 5.56 Å². The Labute approximate surface area is 183 Å². The second kappa shape index (κ2) is 8.73. The lowest BCUT2D eigenvalue weighted by atomic mass is 10.1. The number of para-hydroxylation sites is 1. The van der Waals surface area contributed by atoms with E-state index < -0.39 is 24.4 Å². The number of nitrogens with one attached hydrogen (secondary N) is 2. The van der Waals surface area contributed by atoms with E-state index in [9.17, 15) is 14.4 Å². The number of carbonyl (C=O) groups is 3. The maximum atomic E-state index is 12.4. The molecule has 32 heavy (non-hydrogen) atoms. The number of aromatic amines is 1. The Bertz CT molecular complexity index is 1330. The molecule has 0 saturated heterocycles. The number of esters is 1. The Kier molecular flexibility index (Phi) is 5.67. The number of H-pyrrole nitrogens is 1. The normalized spacial score (nSPS) is 10.7. The summed E-state index contributed by atoms with van der Waals surface area (Å²) in [7, 11) is 0. The van der Waals surface area contributed by atoms with Gasteiger partial charge in [-0.3, -0.25) is 9.59 Å². The van der Waals surface area contributed by atoms with Gasteiger partial charge in [0.2, 0.25) is 0 Å². The van der Waals surface area contributed by atoms with Crippen LogP contribution in [-0.2, 0) is 9.53 Å². The highest BCUT2D eigenvalue weighted by Crippen LogP contribution is 2.22. The van der Waals surface area contributed by atoms with Gasteiger partial charge in [0.25, 0.3) is 11.8 Å². The van der Waals surface area contributed by atoms with E-state index >= 15 is 0 Å². The SMILES string of the molecule is Cc1ccc(-c2nc3ccc(C(=O)OCC(=O)Nc4ccccc4C(N)=O)cc3[nH]2)cc1. The summed E-state index contributed by atoms with van der Waals surface area (Å²) >= 11 is 0. The van der Waals surface area contributed by atoms with E-state index in [0.29, 0.717) is 16.9 Å². The Morgan fingerprint density at radius 1 is 1.03 bits per heavy atom. The molecule has 1 heterocycles. The molecule has 0 aliphatic heterocycles. The van der Waals surface area contributed by atoms with Crippen molar-refractivity contribution < 1.29 is 19.1 Å². The number of primary amides is 1. The van der Waals surface area contributed by atoms with Crippen LogP contribution < -0.4 is 11.1 Å². The average molecular weight is 428 g/mol. The molecule has 1 aromatic heterocycles. The molecule has 0 aliphatic carbocycles. The molecule has 8 nitrogen and oxygen atoms in total. The fraction of sp³-hybridized carbons (Fsp3) is 0.0833. The van der Waals surface area contributed by atoms with Crippen LogP contribution in [0.1, 0.15) is 26.3 Å². The van der Waals surface area contributed by atoms with E-state index in [1.165, 1.54) is 12.1 Å². The van der Waals surface area contributed by atoms with Gasteiger partial charge < -0.3 is 20.8 Å². The van der Waals surface area contributed by atoms with Crippen molar-refractivity contribution in [2.75, 3.05) is 11.9 Å². The van der Waals surface area contributed by atoms with Gasteiger partial charge in [0.05, 0.1) is 27.8 Å². The largest absolute Gasteiger partial charge is 0.452 e. The smallest absolute Gasteiger partial charge is 0.338 e. The van der Waals surface area contributed by atoms with Gasteiger partial charge >= 0.3 is 5.97 Å². The molecular formula is C24H20N4O4. The summed E-state index contributed by atoms with van der Waals surface area (Å²) in [5.41, 5.74) is 9.46. The summed E-state index contributed by atoms with van der Waals surface area (Å²) in [5, 5.41) is 2.52. The van der Waals surface area contributed by atoms with Crippen molar-refractivity contribution in [2.24, 2.45) is 5.73 Å². The third-order valence-electron chi connectivity index (χ3n) is 4.84. The highest BCUT2D eigenvalue weighted by molar-refractivity contribution is 6.04. The third kappa shape index (κ3) is 4.49. The fourth-order valence-electron chi connectivity index (χ4n) is 3.19. The Balaban J connectivity index is 1.43. The topological polar surface area (TPSA) is 127 Å². The highest BCUT2D eigenvalue weighted by Gasteiger charge is 2.15. The Hall–Kier alpha value is -4.46. The second-order valence-electron chi connectivity index (χ2n) is 7.22. The van der Waals surface area contributed by atoms with Crippen LogP contribution in [0.3, 0.4) is 0 Å². The number of hydrogen-bond donors (Lipinski definition) is 3. The zero-order valence-electron chi connectivity index (χ0n) is 17.2. The number of carbonyl (C=O) groups excluding carboxylic acids is 3. The summed E-state index contributed by atoms with van der Waals surface area (Å²) in [4.78, 5) is 43.8. The molecule has 4 aromatic rings. The lowest BCUT2D eigenvalue weighted by Crippen LogP contribution is -2.23. The molecule has 4 rings (SSSR count). The number of hydrogen-bond acceptors (Lipinski definition) is 5. The van der Waals surface area contributed by atoms with Crippen molar-refractivity contribution in [1.82, 2.24) is 9.97 Å². The summed E-state index contributed by atoms with van der Waals surface area (Å²) in [6.45, 7) is 1.50.